The first-order valence-corrected chi connectivity index (χ1v) is 5.97. The zero-order valence-corrected chi connectivity index (χ0v) is 11.0. The van der Waals surface area contributed by atoms with Gasteiger partial charge in [0.15, 0.2) is 5.78 Å². The van der Waals surface area contributed by atoms with Crippen molar-refractivity contribution in [2.45, 2.75) is 25.4 Å². The molecule has 0 saturated carbocycles. The summed E-state index contributed by atoms with van der Waals surface area (Å²) in [5.74, 6) is 1.40. The molecule has 2 rings (SSSR count). The van der Waals surface area contributed by atoms with Crippen molar-refractivity contribution >= 4 is 5.78 Å². The lowest BCUT2D eigenvalue weighted by Crippen LogP contribution is -2.40. The molecule has 1 aliphatic rings. The summed E-state index contributed by atoms with van der Waals surface area (Å²) in [6.45, 7) is 2.51. The van der Waals surface area contributed by atoms with Gasteiger partial charge in [-0.3, -0.25) is 4.79 Å². The Morgan fingerprint density at radius 1 is 1.39 bits per heavy atom. The van der Waals surface area contributed by atoms with E-state index in [9.17, 15) is 4.79 Å². The molecule has 1 heterocycles. The zero-order valence-electron chi connectivity index (χ0n) is 11.0. The van der Waals surface area contributed by atoms with Crippen LogP contribution in [0.2, 0.25) is 0 Å². The quantitative estimate of drug-likeness (QED) is 0.823. The van der Waals surface area contributed by atoms with Gasteiger partial charge in [-0.1, -0.05) is 0 Å². The summed E-state index contributed by atoms with van der Waals surface area (Å²) >= 11 is 0. The Bertz CT molecular complexity index is 455. The number of carbonyl (C=O) groups is 1. The van der Waals surface area contributed by atoms with Gasteiger partial charge in [-0.2, -0.15) is 0 Å². The normalized spacial score (nSPS) is 22.3. The van der Waals surface area contributed by atoms with Crippen molar-refractivity contribution in [1.82, 2.24) is 0 Å². The molecule has 0 spiro atoms. The largest absolute Gasteiger partial charge is 0.497 e. The molecule has 0 aromatic heterocycles. The van der Waals surface area contributed by atoms with E-state index >= 15 is 0 Å². The van der Waals surface area contributed by atoms with Gasteiger partial charge in [0.05, 0.1) is 19.1 Å². The average Bonchev–Trinajstić information content (AvgIpc) is 2.35. The van der Waals surface area contributed by atoms with Crippen LogP contribution in [0.5, 0.6) is 11.5 Å². The van der Waals surface area contributed by atoms with Crippen LogP contribution >= 0.6 is 0 Å². The van der Waals surface area contributed by atoms with Crippen LogP contribution in [0.3, 0.4) is 0 Å². The van der Waals surface area contributed by atoms with Gasteiger partial charge in [-0.05, 0) is 19.1 Å². The van der Waals surface area contributed by atoms with Crippen molar-refractivity contribution in [3.05, 3.63) is 23.8 Å². The van der Waals surface area contributed by atoms with Gasteiger partial charge < -0.3 is 14.2 Å². The third kappa shape index (κ3) is 2.48. The van der Waals surface area contributed by atoms with Crippen molar-refractivity contribution in [2.75, 3.05) is 20.8 Å². The number of methoxy groups -OCH3 is 2. The number of fused-ring (bicyclic) bond motifs is 1. The highest BCUT2D eigenvalue weighted by Gasteiger charge is 2.36. The van der Waals surface area contributed by atoms with Crippen LogP contribution in [0.25, 0.3) is 0 Å². The lowest BCUT2D eigenvalue weighted by atomic mass is 9.89. The van der Waals surface area contributed by atoms with Gasteiger partial charge in [0.1, 0.15) is 17.1 Å². The molecule has 4 heteroatoms. The fourth-order valence-corrected chi connectivity index (χ4v) is 2.14. The van der Waals surface area contributed by atoms with E-state index in [0.717, 1.165) is 0 Å². The minimum absolute atomic E-state index is 0.109. The molecule has 1 aromatic rings. The number of rotatable bonds is 4. The smallest absolute Gasteiger partial charge is 0.170 e. The van der Waals surface area contributed by atoms with Crippen LogP contribution in [0.1, 0.15) is 30.1 Å². The lowest BCUT2D eigenvalue weighted by Gasteiger charge is -2.34. The molecule has 0 radical (unpaired) electrons. The zero-order chi connectivity index (χ0) is 13.2. The molecule has 0 fully saturated rings. The number of hydrogen-bond acceptors (Lipinski definition) is 4. The van der Waals surface area contributed by atoms with Crippen molar-refractivity contribution in [3.63, 3.8) is 0 Å². The molecule has 98 valence electrons. The maximum atomic E-state index is 12.1. The number of Topliss-reactive ketones (excluding diaryl/α,β-unsaturated/α-hetero) is 1. The first kappa shape index (κ1) is 12.9. The average molecular weight is 250 g/mol. The van der Waals surface area contributed by atoms with Gasteiger partial charge in [-0.25, -0.2) is 0 Å². The summed E-state index contributed by atoms with van der Waals surface area (Å²) in [7, 11) is 3.24. The molecular weight excluding hydrogens is 232 g/mol. The molecular formula is C14H18O4. The van der Waals surface area contributed by atoms with E-state index in [1.165, 1.54) is 0 Å². The Morgan fingerprint density at radius 2 is 2.17 bits per heavy atom. The van der Waals surface area contributed by atoms with E-state index in [1.54, 1.807) is 32.4 Å². The summed E-state index contributed by atoms with van der Waals surface area (Å²) < 4.78 is 16.2. The number of ketones is 1. The van der Waals surface area contributed by atoms with Crippen LogP contribution in [0, 0.1) is 0 Å². The molecule has 1 aliphatic heterocycles. The predicted molar refractivity (Wildman–Crippen MR) is 67.5 cm³/mol. The van der Waals surface area contributed by atoms with Crippen LogP contribution in [-0.4, -0.2) is 32.2 Å². The van der Waals surface area contributed by atoms with Crippen LogP contribution in [0.4, 0.5) is 0 Å². The summed E-state index contributed by atoms with van der Waals surface area (Å²) in [6.07, 6.45) is 1.07. The summed E-state index contributed by atoms with van der Waals surface area (Å²) in [5, 5.41) is 0. The van der Waals surface area contributed by atoms with Crippen molar-refractivity contribution in [3.8, 4) is 11.5 Å². The number of carbonyl (C=O) groups excluding carboxylic acids is 1. The molecule has 0 bridgehead atoms. The van der Waals surface area contributed by atoms with E-state index in [1.807, 2.05) is 6.92 Å². The second-order valence-corrected chi connectivity index (χ2v) is 4.76. The van der Waals surface area contributed by atoms with E-state index in [-0.39, 0.29) is 5.78 Å². The number of benzene rings is 1. The summed E-state index contributed by atoms with van der Waals surface area (Å²) in [4.78, 5) is 12.1. The molecule has 4 nitrogen and oxygen atoms in total. The fourth-order valence-electron chi connectivity index (χ4n) is 2.14. The van der Waals surface area contributed by atoms with Crippen molar-refractivity contribution < 1.29 is 19.0 Å². The van der Waals surface area contributed by atoms with Gasteiger partial charge in [0.2, 0.25) is 0 Å². The van der Waals surface area contributed by atoms with E-state index in [2.05, 4.69) is 0 Å². The SMILES string of the molecule is COCCC1(C)CC(=O)c2ccc(OC)cc2O1. The lowest BCUT2D eigenvalue weighted by molar-refractivity contribution is 0.0289. The number of hydrogen-bond donors (Lipinski definition) is 0. The first-order chi connectivity index (χ1) is 8.58. The maximum absolute atomic E-state index is 12.1. The fraction of sp³-hybridized carbons (Fsp3) is 0.500. The predicted octanol–water partition coefficient (Wildman–Crippen LogP) is 2.46. The summed E-state index contributed by atoms with van der Waals surface area (Å²) in [5.41, 5.74) is 0.137. The first-order valence-electron chi connectivity index (χ1n) is 5.97. The van der Waals surface area contributed by atoms with Crippen LogP contribution < -0.4 is 9.47 Å². The van der Waals surface area contributed by atoms with Gasteiger partial charge in [0, 0.05) is 26.2 Å². The molecule has 1 atom stereocenters. The highest BCUT2D eigenvalue weighted by Crippen LogP contribution is 2.37. The Balaban J connectivity index is 2.28. The molecule has 1 unspecified atom stereocenters. The molecule has 1 aromatic carbocycles. The van der Waals surface area contributed by atoms with Gasteiger partial charge >= 0.3 is 0 Å². The maximum Gasteiger partial charge on any atom is 0.170 e. The second-order valence-electron chi connectivity index (χ2n) is 4.76. The van der Waals surface area contributed by atoms with Gasteiger partial charge in [0.25, 0.3) is 0 Å². The molecule has 18 heavy (non-hydrogen) atoms. The summed E-state index contributed by atoms with van der Waals surface area (Å²) in [6, 6.07) is 5.29. The third-order valence-electron chi connectivity index (χ3n) is 3.22. The van der Waals surface area contributed by atoms with E-state index < -0.39 is 5.60 Å². The number of ether oxygens (including phenoxy) is 3. The Kier molecular flexibility index (Phi) is 3.57. The Morgan fingerprint density at radius 3 is 2.83 bits per heavy atom. The van der Waals surface area contributed by atoms with Gasteiger partial charge in [-0.15, -0.1) is 0 Å². The topological polar surface area (TPSA) is 44.8 Å². The van der Waals surface area contributed by atoms with Crippen LogP contribution in [-0.2, 0) is 4.74 Å². The highest BCUT2D eigenvalue weighted by atomic mass is 16.5. The minimum Gasteiger partial charge on any atom is -0.497 e. The van der Waals surface area contributed by atoms with Crippen LogP contribution in [0.15, 0.2) is 18.2 Å². The Hall–Kier alpha value is -1.55. The Labute approximate surface area is 107 Å². The standard InChI is InChI=1S/C14H18O4/c1-14(6-7-16-2)9-12(15)11-5-4-10(17-3)8-13(11)18-14/h4-5,8H,6-7,9H2,1-3H3. The molecule has 0 aliphatic carbocycles. The minimum atomic E-state index is -0.494. The second kappa shape index (κ2) is 4.98. The highest BCUT2D eigenvalue weighted by molar-refractivity contribution is 6.00. The van der Waals surface area contributed by atoms with E-state index in [0.29, 0.717) is 36.5 Å². The monoisotopic (exact) mass is 250 g/mol. The third-order valence-corrected chi connectivity index (χ3v) is 3.22. The molecule has 0 amide bonds. The molecule has 0 N–H and O–H groups in total. The molecule has 0 saturated heterocycles. The van der Waals surface area contributed by atoms with Crippen molar-refractivity contribution in [2.24, 2.45) is 0 Å². The van der Waals surface area contributed by atoms with E-state index in [4.69, 9.17) is 14.2 Å². The van der Waals surface area contributed by atoms with Crippen molar-refractivity contribution in [1.29, 1.82) is 0 Å².